The lowest BCUT2D eigenvalue weighted by atomic mass is 9.68. The maximum Gasteiger partial charge on any atom is 0.125 e. The van der Waals surface area contributed by atoms with Crippen molar-refractivity contribution >= 4 is 5.69 Å². The van der Waals surface area contributed by atoms with E-state index in [1.54, 1.807) is 12.1 Å². The van der Waals surface area contributed by atoms with E-state index in [0.29, 0.717) is 18.4 Å². The van der Waals surface area contributed by atoms with Crippen LogP contribution in [0.1, 0.15) is 40.0 Å². The van der Waals surface area contributed by atoms with Crippen LogP contribution < -0.4 is 10.6 Å². The first-order valence-electron chi connectivity index (χ1n) is 7.76. The Hall–Kier alpha value is -1.09. The van der Waals surface area contributed by atoms with Crippen molar-refractivity contribution in [3.63, 3.8) is 0 Å². The number of hydrogen-bond donors (Lipinski definition) is 1. The Morgan fingerprint density at radius 3 is 2.70 bits per heavy atom. The zero-order valence-corrected chi connectivity index (χ0v) is 12.9. The molecule has 0 heterocycles. The second-order valence-corrected chi connectivity index (χ2v) is 6.32. The van der Waals surface area contributed by atoms with Gasteiger partial charge in [-0.2, -0.15) is 0 Å². The van der Waals surface area contributed by atoms with Gasteiger partial charge in [0, 0.05) is 18.8 Å². The summed E-state index contributed by atoms with van der Waals surface area (Å²) >= 11 is 0. The molecule has 1 aromatic rings. The van der Waals surface area contributed by atoms with E-state index in [2.05, 4.69) is 25.7 Å². The number of hydrogen-bond acceptors (Lipinski definition) is 2. The number of likely N-dealkylation sites (N-methyl/N-ethyl adjacent to an activating group) is 1. The van der Waals surface area contributed by atoms with E-state index in [0.717, 1.165) is 18.7 Å². The van der Waals surface area contributed by atoms with Gasteiger partial charge in [-0.1, -0.05) is 26.3 Å². The minimum Gasteiger partial charge on any atom is -0.364 e. The van der Waals surface area contributed by atoms with Gasteiger partial charge in [-0.25, -0.2) is 4.39 Å². The molecule has 0 bridgehead atoms. The van der Waals surface area contributed by atoms with Crippen LogP contribution in [0.4, 0.5) is 10.1 Å². The van der Waals surface area contributed by atoms with Crippen LogP contribution in [-0.2, 0) is 0 Å². The van der Waals surface area contributed by atoms with Crippen LogP contribution in [-0.4, -0.2) is 18.6 Å². The number of nitrogens with two attached hydrogens (primary N) is 1. The second kappa shape index (κ2) is 6.13. The monoisotopic (exact) mass is 278 g/mol. The molecule has 3 atom stereocenters. The van der Waals surface area contributed by atoms with E-state index in [4.69, 9.17) is 5.73 Å². The molecular formula is C17H27FN2. The average Bonchev–Trinajstić information content (AvgIpc) is 2.43. The van der Waals surface area contributed by atoms with E-state index in [-0.39, 0.29) is 11.4 Å². The van der Waals surface area contributed by atoms with Crippen LogP contribution >= 0.6 is 0 Å². The van der Waals surface area contributed by atoms with Crippen LogP contribution in [0.3, 0.4) is 0 Å². The van der Waals surface area contributed by atoms with Crippen molar-refractivity contribution in [3.8, 4) is 0 Å². The van der Waals surface area contributed by atoms with Gasteiger partial charge in [0.05, 0.1) is 5.54 Å². The molecule has 0 spiro atoms. The first kappa shape index (κ1) is 15.3. The molecule has 20 heavy (non-hydrogen) atoms. The first-order chi connectivity index (χ1) is 9.53. The van der Waals surface area contributed by atoms with Crippen molar-refractivity contribution in [2.24, 2.45) is 17.6 Å². The van der Waals surface area contributed by atoms with E-state index in [1.807, 2.05) is 6.07 Å². The zero-order chi connectivity index (χ0) is 14.8. The summed E-state index contributed by atoms with van der Waals surface area (Å²) in [6, 6.07) is 6.91. The van der Waals surface area contributed by atoms with Gasteiger partial charge in [0.15, 0.2) is 0 Å². The van der Waals surface area contributed by atoms with Crippen molar-refractivity contribution in [3.05, 3.63) is 30.1 Å². The largest absolute Gasteiger partial charge is 0.364 e. The molecule has 112 valence electrons. The van der Waals surface area contributed by atoms with Gasteiger partial charge in [-0.15, -0.1) is 0 Å². The molecule has 3 heteroatoms. The summed E-state index contributed by atoms with van der Waals surface area (Å²) in [4.78, 5) is 2.33. The number of halogens is 1. The van der Waals surface area contributed by atoms with Gasteiger partial charge >= 0.3 is 0 Å². The highest BCUT2D eigenvalue weighted by Crippen LogP contribution is 2.42. The average molecular weight is 278 g/mol. The van der Waals surface area contributed by atoms with Gasteiger partial charge in [0.1, 0.15) is 5.82 Å². The van der Waals surface area contributed by atoms with Crippen LogP contribution in [0.15, 0.2) is 24.3 Å². The Labute approximate surface area is 122 Å². The van der Waals surface area contributed by atoms with Crippen molar-refractivity contribution < 1.29 is 4.39 Å². The van der Waals surface area contributed by atoms with Crippen molar-refractivity contribution in [1.29, 1.82) is 0 Å². The Kier molecular flexibility index (Phi) is 4.69. The molecule has 2 rings (SSSR count). The topological polar surface area (TPSA) is 29.3 Å². The maximum atomic E-state index is 13.6. The Balaban J connectivity index is 2.40. The number of benzene rings is 1. The van der Waals surface area contributed by atoms with Crippen LogP contribution in [0.5, 0.6) is 0 Å². The van der Waals surface area contributed by atoms with Gasteiger partial charge < -0.3 is 10.6 Å². The van der Waals surface area contributed by atoms with Gasteiger partial charge in [0.2, 0.25) is 0 Å². The first-order valence-corrected chi connectivity index (χ1v) is 7.76. The molecule has 1 saturated carbocycles. The molecule has 0 aromatic heterocycles. The summed E-state index contributed by atoms with van der Waals surface area (Å²) in [6.07, 6.45) is 3.56. The third-order valence-corrected chi connectivity index (χ3v) is 5.04. The fourth-order valence-electron chi connectivity index (χ4n) is 3.88. The minimum atomic E-state index is -0.176. The molecule has 1 aliphatic carbocycles. The molecule has 3 unspecified atom stereocenters. The molecular weight excluding hydrogens is 251 g/mol. The normalized spacial score (nSPS) is 30.2. The van der Waals surface area contributed by atoms with Gasteiger partial charge in [-0.05, 0) is 49.8 Å². The summed E-state index contributed by atoms with van der Waals surface area (Å²) in [5, 5.41) is 0. The molecule has 0 amide bonds. The summed E-state index contributed by atoms with van der Waals surface area (Å²) in [5.41, 5.74) is 7.12. The van der Waals surface area contributed by atoms with E-state index < -0.39 is 0 Å². The summed E-state index contributed by atoms with van der Waals surface area (Å²) in [7, 11) is 0. The summed E-state index contributed by atoms with van der Waals surface area (Å²) in [5.74, 6) is 1.04. The standard InChI is InChI=1S/C17H27FN2/c1-4-20(16-7-5-6-15(18)10-16)17(12-19)11-13(2)8-9-14(17)3/h5-7,10,13-14H,4,8-9,11-12,19H2,1-3H3. The highest BCUT2D eigenvalue weighted by atomic mass is 19.1. The molecule has 0 aliphatic heterocycles. The molecule has 1 fully saturated rings. The minimum absolute atomic E-state index is 0.0415. The maximum absolute atomic E-state index is 13.6. The zero-order valence-electron chi connectivity index (χ0n) is 12.9. The van der Waals surface area contributed by atoms with Gasteiger partial charge in [0.25, 0.3) is 0 Å². The lowest BCUT2D eigenvalue weighted by Gasteiger charge is -2.52. The Morgan fingerprint density at radius 1 is 1.35 bits per heavy atom. The van der Waals surface area contributed by atoms with Crippen LogP contribution in [0.2, 0.25) is 0 Å². The van der Waals surface area contributed by atoms with Crippen LogP contribution in [0, 0.1) is 17.7 Å². The lowest BCUT2D eigenvalue weighted by Crippen LogP contribution is -2.60. The predicted octanol–water partition coefficient (Wildman–Crippen LogP) is 3.81. The van der Waals surface area contributed by atoms with E-state index in [9.17, 15) is 4.39 Å². The Morgan fingerprint density at radius 2 is 2.10 bits per heavy atom. The number of nitrogens with zero attached hydrogens (tertiary/aromatic N) is 1. The van der Waals surface area contributed by atoms with Gasteiger partial charge in [-0.3, -0.25) is 0 Å². The van der Waals surface area contributed by atoms with Crippen LogP contribution in [0.25, 0.3) is 0 Å². The van der Waals surface area contributed by atoms with E-state index >= 15 is 0 Å². The smallest absolute Gasteiger partial charge is 0.125 e. The molecule has 2 nitrogen and oxygen atoms in total. The molecule has 0 radical (unpaired) electrons. The third-order valence-electron chi connectivity index (χ3n) is 5.04. The SMILES string of the molecule is CCN(c1cccc(F)c1)C1(CN)CC(C)CCC1C. The van der Waals surface area contributed by atoms with E-state index in [1.165, 1.54) is 18.9 Å². The molecule has 1 aromatic carbocycles. The number of rotatable bonds is 4. The number of anilines is 1. The Bertz CT molecular complexity index is 448. The summed E-state index contributed by atoms with van der Waals surface area (Å²) < 4.78 is 13.6. The van der Waals surface area contributed by atoms with Crippen molar-refractivity contribution in [2.75, 3.05) is 18.0 Å². The fourth-order valence-corrected chi connectivity index (χ4v) is 3.88. The third kappa shape index (κ3) is 2.69. The highest BCUT2D eigenvalue weighted by molar-refractivity contribution is 5.50. The van der Waals surface area contributed by atoms with Crippen molar-refractivity contribution in [1.82, 2.24) is 0 Å². The molecule has 2 N–H and O–H groups in total. The molecule has 0 saturated heterocycles. The predicted molar refractivity (Wildman–Crippen MR) is 83.4 cm³/mol. The highest BCUT2D eigenvalue weighted by Gasteiger charge is 2.43. The second-order valence-electron chi connectivity index (χ2n) is 6.32. The summed E-state index contributed by atoms with van der Waals surface area (Å²) in [6.45, 7) is 8.21. The lowest BCUT2D eigenvalue weighted by molar-refractivity contribution is 0.157. The fraction of sp³-hybridized carbons (Fsp3) is 0.647. The quantitative estimate of drug-likeness (QED) is 0.907. The van der Waals surface area contributed by atoms with Crippen molar-refractivity contribution in [2.45, 2.75) is 45.6 Å². The molecule has 1 aliphatic rings.